The minimum atomic E-state index is -4.36. The number of aryl methyl sites for hydroxylation is 1. The number of hydrogen-bond donors (Lipinski definition) is 1. The first-order valence-corrected chi connectivity index (χ1v) is 8.78. The van der Waals surface area contributed by atoms with E-state index in [1.165, 1.54) is 0 Å². The molecular weight excluding hydrogens is 385 g/mol. The summed E-state index contributed by atoms with van der Waals surface area (Å²) in [6.45, 7) is 3.38. The summed E-state index contributed by atoms with van der Waals surface area (Å²) in [5, 5.41) is 1.06. The third kappa shape index (κ3) is 4.96. The molecule has 1 heterocycles. The maximum atomic E-state index is 13.3. The molecule has 0 aliphatic carbocycles. The number of hydrogen-bond acceptors (Lipinski definition) is 2. The maximum Gasteiger partial charge on any atom is 0.405 e. The fourth-order valence-electron chi connectivity index (χ4n) is 2.82. The van der Waals surface area contributed by atoms with Crippen molar-refractivity contribution in [2.24, 2.45) is 5.41 Å². The van der Waals surface area contributed by atoms with Gasteiger partial charge in [-0.3, -0.25) is 10.2 Å². The number of carbonyl (C=O) groups excluding carboxylic acids is 1. The van der Waals surface area contributed by atoms with Gasteiger partial charge in [-0.1, -0.05) is 34.5 Å². The third-order valence-corrected chi connectivity index (χ3v) is 4.81. The van der Waals surface area contributed by atoms with Crippen LogP contribution in [0.2, 0.25) is 0 Å². The highest BCUT2D eigenvalue weighted by Gasteiger charge is 2.49. The number of nitrogens with zero attached hydrogens (tertiary/aromatic N) is 1. The van der Waals surface area contributed by atoms with Gasteiger partial charge in [0.25, 0.3) is 0 Å². The topological polar surface area (TPSA) is 32.3 Å². The molecule has 24 heavy (non-hydrogen) atoms. The zero-order valence-corrected chi connectivity index (χ0v) is 15.4. The summed E-state index contributed by atoms with van der Waals surface area (Å²) in [5.74, 6) is -0.355. The van der Waals surface area contributed by atoms with E-state index in [1.807, 2.05) is 24.3 Å². The van der Waals surface area contributed by atoms with Gasteiger partial charge in [-0.2, -0.15) is 13.2 Å². The summed E-state index contributed by atoms with van der Waals surface area (Å²) >= 11 is 3.35. The molecule has 1 aliphatic rings. The number of rotatable bonds is 6. The van der Waals surface area contributed by atoms with Crippen LogP contribution in [-0.4, -0.2) is 29.7 Å². The molecule has 1 amide bonds. The van der Waals surface area contributed by atoms with Gasteiger partial charge in [0.05, 0.1) is 5.41 Å². The highest BCUT2D eigenvalue weighted by atomic mass is 79.9. The number of halogens is 4. The Morgan fingerprint density at radius 2 is 1.88 bits per heavy atom. The molecule has 1 atom stereocenters. The number of unbranched alkanes of at least 4 members (excludes halogenated alkanes) is 1. The van der Waals surface area contributed by atoms with Crippen molar-refractivity contribution in [1.82, 2.24) is 10.4 Å². The Morgan fingerprint density at radius 3 is 2.38 bits per heavy atom. The van der Waals surface area contributed by atoms with Gasteiger partial charge in [-0.05, 0) is 50.8 Å². The second-order valence-electron chi connectivity index (χ2n) is 6.88. The quantitative estimate of drug-likeness (QED) is 0.706. The van der Waals surface area contributed by atoms with Gasteiger partial charge in [-0.15, -0.1) is 0 Å². The van der Waals surface area contributed by atoms with Crippen molar-refractivity contribution < 1.29 is 18.0 Å². The molecule has 0 aromatic heterocycles. The summed E-state index contributed by atoms with van der Waals surface area (Å²) < 4.78 is 41.0. The number of benzene rings is 1. The van der Waals surface area contributed by atoms with Crippen LogP contribution in [0.25, 0.3) is 0 Å². The van der Waals surface area contributed by atoms with Crippen molar-refractivity contribution in [3.05, 3.63) is 34.3 Å². The molecule has 1 aromatic rings. The van der Waals surface area contributed by atoms with Crippen LogP contribution in [-0.2, 0) is 11.2 Å². The Bertz CT molecular complexity index is 572. The summed E-state index contributed by atoms with van der Waals surface area (Å²) in [7, 11) is 0. The molecule has 1 saturated heterocycles. The Kier molecular flexibility index (Phi) is 5.96. The van der Waals surface area contributed by atoms with Crippen LogP contribution in [0, 0.1) is 5.41 Å². The normalized spacial score (nSPS) is 19.3. The van der Waals surface area contributed by atoms with Gasteiger partial charge < -0.3 is 0 Å². The SMILES string of the molecule is CC1(C)CN([C@@H](CCCCc2ccc(Br)cc2)C(F)(F)F)NC1=O. The molecule has 0 radical (unpaired) electrons. The second-order valence-corrected chi connectivity index (χ2v) is 7.80. The average molecular weight is 407 g/mol. The predicted octanol–water partition coefficient (Wildman–Crippen LogP) is 4.47. The lowest BCUT2D eigenvalue weighted by Gasteiger charge is -2.29. The predicted molar refractivity (Wildman–Crippen MR) is 90.2 cm³/mol. The molecule has 0 unspecified atom stereocenters. The standard InChI is InChI=1S/C17H22BrF3N2O/c1-16(2)11-23(22-15(16)24)14(17(19,20)21)6-4-3-5-12-7-9-13(18)10-8-12/h7-10,14H,3-6,11H2,1-2H3,(H,22,24)/t14-/m0/s1. The first-order chi connectivity index (χ1) is 11.1. The monoisotopic (exact) mass is 406 g/mol. The lowest BCUT2D eigenvalue weighted by atomic mass is 9.94. The van der Waals surface area contributed by atoms with E-state index < -0.39 is 17.6 Å². The van der Waals surface area contributed by atoms with E-state index in [4.69, 9.17) is 0 Å². The van der Waals surface area contributed by atoms with Crippen molar-refractivity contribution in [3.8, 4) is 0 Å². The Morgan fingerprint density at radius 1 is 1.25 bits per heavy atom. The van der Waals surface area contributed by atoms with Gasteiger partial charge in [0.15, 0.2) is 0 Å². The van der Waals surface area contributed by atoms with Crippen LogP contribution in [0.4, 0.5) is 13.2 Å². The van der Waals surface area contributed by atoms with Gasteiger partial charge in [0.2, 0.25) is 5.91 Å². The highest BCUT2D eigenvalue weighted by Crippen LogP contribution is 2.33. The molecule has 0 spiro atoms. The van der Waals surface area contributed by atoms with Crippen molar-refractivity contribution in [3.63, 3.8) is 0 Å². The molecule has 2 rings (SSSR count). The fraction of sp³-hybridized carbons (Fsp3) is 0.588. The average Bonchev–Trinajstić information content (AvgIpc) is 2.72. The van der Waals surface area contributed by atoms with Crippen LogP contribution in [0.5, 0.6) is 0 Å². The molecule has 7 heteroatoms. The number of nitrogens with one attached hydrogen (secondary N) is 1. The zero-order valence-electron chi connectivity index (χ0n) is 13.8. The zero-order chi connectivity index (χ0) is 18.0. The molecule has 1 fully saturated rings. The molecule has 134 valence electrons. The highest BCUT2D eigenvalue weighted by molar-refractivity contribution is 9.10. The molecule has 1 aliphatic heterocycles. The smallest absolute Gasteiger partial charge is 0.288 e. The number of carbonyl (C=O) groups is 1. The number of hydrazine groups is 1. The fourth-order valence-corrected chi connectivity index (χ4v) is 3.09. The van der Waals surface area contributed by atoms with E-state index in [1.54, 1.807) is 13.8 Å². The lowest BCUT2D eigenvalue weighted by molar-refractivity contribution is -0.190. The summed E-state index contributed by atoms with van der Waals surface area (Å²) in [6.07, 6.45) is -2.50. The maximum absolute atomic E-state index is 13.3. The summed E-state index contributed by atoms with van der Waals surface area (Å²) in [6, 6.07) is 6.15. The van der Waals surface area contributed by atoms with Gasteiger partial charge in [0, 0.05) is 11.0 Å². The van der Waals surface area contributed by atoms with Crippen LogP contribution in [0.3, 0.4) is 0 Å². The van der Waals surface area contributed by atoms with E-state index in [0.717, 1.165) is 21.5 Å². The van der Waals surface area contributed by atoms with E-state index in [9.17, 15) is 18.0 Å². The van der Waals surface area contributed by atoms with Crippen LogP contribution in [0.1, 0.15) is 38.7 Å². The van der Waals surface area contributed by atoms with Gasteiger partial charge >= 0.3 is 6.18 Å². The van der Waals surface area contributed by atoms with Crippen molar-refractivity contribution in [2.75, 3.05) is 6.54 Å². The molecular formula is C17H22BrF3N2O. The van der Waals surface area contributed by atoms with Crippen LogP contribution >= 0.6 is 15.9 Å². The van der Waals surface area contributed by atoms with Crippen LogP contribution < -0.4 is 5.43 Å². The van der Waals surface area contributed by atoms with Crippen molar-refractivity contribution >= 4 is 21.8 Å². The first kappa shape index (κ1) is 19.2. The second kappa shape index (κ2) is 7.44. The largest absolute Gasteiger partial charge is 0.405 e. The molecule has 3 nitrogen and oxygen atoms in total. The van der Waals surface area contributed by atoms with E-state index in [-0.39, 0.29) is 18.9 Å². The molecule has 0 bridgehead atoms. The molecule has 0 saturated carbocycles. The van der Waals surface area contributed by atoms with E-state index in [2.05, 4.69) is 21.4 Å². The number of alkyl halides is 3. The van der Waals surface area contributed by atoms with Crippen molar-refractivity contribution in [1.29, 1.82) is 0 Å². The van der Waals surface area contributed by atoms with Crippen molar-refractivity contribution in [2.45, 2.75) is 51.7 Å². The Labute approximate surface area is 148 Å². The summed E-state index contributed by atoms with van der Waals surface area (Å²) in [5.41, 5.74) is 2.70. The molecule has 1 aromatic carbocycles. The third-order valence-electron chi connectivity index (χ3n) is 4.29. The van der Waals surface area contributed by atoms with Gasteiger partial charge in [-0.25, -0.2) is 5.01 Å². The van der Waals surface area contributed by atoms with Gasteiger partial charge in [0.1, 0.15) is 6.04 Å². The van der Waals surface area contributed by atoms with E-state index >= 15 is 0 Å². The summed E-state index contributed by atoms with van der Waals surface area (Å²) in [4.78, 5) is 11.8. The van der Waals surface area contributed by atoms with E-state index in [0.29, 0.717) is 12.8 Å². The minimum Gasteiger partial charge on any atom is -0.288 e. The number of amides is 1. The first-order valence-electron chi connectivity index (χ1n) is 7.98. The minimum absolute atomic E-state index is 0.0175. The Balaban J connectivity index is 1.88. The Hall–Kier alpha value is -1.08. The van der Waals surface area contributed by atoms with Crippen LogP contribution in [0.15, 0.2) is 28.7 Å². The molecule has 1 N–H and O–H groups in total. The lowest BCUT2D eigenvalue weighted by Crippen LogP contribution is -2.49.